The molecule has 0 amide bonds. The van der Waals surface area contributed by atoms with Gasteiger partial charge in [0.05, 0.1) is 26.2 Å². The summed E-state index contributed by atoms with van der Waals surface area (Å²) in [6.07, 6.45) is 2.68. The first kappa shape index (κ1) is 14.4. The molecule has 3 unspecified atom stereocenters. The fourth-order valence-corrected chi connectivity index (χ4v) is 5.68. The summed E-state index contributed by atoms with van der Waals surface area (Å²) in [5.41, 5.74) is 2.92. The van der Waals surface area contributed by atoms with Crippen LogP contribution in [0.2, 0.25) is 0 Å². The van der Waals surface area contributed by atoms with E-state index in [1.165, 1.54) is 80.9 Å². The Hall–Kier alpha value is -0.940. The number of piperazine rings is 2. The molecule has 5 rings (SSSR count). The quantitative estimate of drug-likeness (QED) is 0.770. The SMILES string of the molecule is Cc1cccc(CC[N+]23CCN4CCN5CCN(CC2)C3C54)c1. The first-order chi connectivity index (χ1) is 11.3. The number of quaternary nitrogens is 1. The van der Waals surface area contributed by atoms with Crippen molar-refractivity contribution in [3.05, 3.63) is 35.4 Å². The van der Waals surface area contributed by atoms with Gasteiger partial charge in [-0.15, -0.1) is 0 Å². The highest BCUT2D eigenvalue weighted by Crippen LogP contribution is 2.38. The standard InChI is InChI=1S/C19H29N4/c1-16-3-2-4-17(15-16)5-12-23-13-10-21-7-6-20-8-9-22(11-14-23)19(23)18(20)21/h2-4,15,18-19H,5-14H2,1H3/q+1. The predicted octanol–water partition coefficient (Wildman–Crippen LogP) is 0.967. The molecule has 0 saturated carbocycles. The Morgan fingerprint density at radius 3 is 2.43 bits per heavy atom. The van der Waals surface area contributed by atoms with Crippen molar-refractivity contribution in [2.45, 2.75) is 25.7 Å². The molecule has 0 aliphatic carbocycles. The zero-order chi connectivity index (χ0) is 15.4. The van der Waals surface area contributed by atoms with Crippen LogP contribution in [0.1, 0.15) is 11.1 Å². The lowest BCUT2D eigenvalue weighted by molar-refractivity contribution is -0.954. The van der Waals surface area contributed by atoms with Crippen LogP contribution in [-0.4, -0.2) is 90.4 Å². The van der Waals surface area contributed by atoms with E-state index < -0.39 is 0 Å². The second kappa shape index (κ2) is 5.28. The van der Waals surface area contributed by atoms with Gasteiger partial charge in [0.1, 0.15) is 6.17 Å². The van der Waals surface area contributed by atoms with Gasteiger partial charge in [-0.3, -0.25) is 9.80 Å². The van der Waals surface area contributed by atoms with E-state index in [0.717, 1.165) is 6.17 Å². The minimum absolute atomic E-state index is 0.706. The third-order valence-electron chi connectivity index (χ3n) is 6.89. The minimum Gasteiger partial charge on any atom is -0.304 e. The molecule has 4 aliphatic rings. The van der Waals surface area contributed by atoms with E-state index in [0.29, 0.717) is 6.17 Å². The predicted molar refractivity (Wildman–Crippen MR) is 92.0 cm³/mol. The van der Waals surface area contributed by atoms with E-state index >= 15 is 0 Å². The summed E-state index contributed by atoms with van der Waals surface area (Å²) in [5.74, 6) is 0. The van der Waals surface area contributed by atoms with E-state index in [1.807, 2.05) is 0 Å². The number of benzene rings is 1. The normalized spacial score (nSPS) is 37.3. The lowest BCUT2D eigenvalue weighted by Gasteiger charge is -2.54. The van der Waals surface area contributed by atoms with Crippen LogP contribution in [-0.2, 0) is 6.42 Å². The molecule has 4 aliphatic heterocycles. The summed E-state index contributed by atoms with van der Waals surface area (Å²) in [4.78, 5) is 8.35. The monoisotopic (exact) mass is 313 g/mol. The summed E-state index contributed by atoms with van der Waals surface area (Å²) >= 11 is 0. The third-order valence-corrected chi connectivity index (χ3v) is 6.89. The third kappa shape index (κ3) is 2.19. The number of rotatable bonds is 3. The first-order valence-electron chi connectivity index (χ1n) is 9.39. The Morgan fingerprint density at radius 1 is 0.957 bits per heavy atom. The molecule has 4 heteroatoms. The molecule has 4 fully saturated rings. The number of hydrogen-bond acceptors (Lipinski definition) is 3. The van der Waals surface area contributed by atoms with Crippen LogP contribution < -0.4 is 0 Å². The zero-order valence-electron chi connectivity index (χ0n) is 14.3. The second-order valence-corrected chi connectivity index (χ2v) is 8.06. The van der Waals surface area contributed by atoms with Crippen molar-refractivity contribution in [3.63, 3.8) is 0 Å². The smallest absolute Gasteiger partial charge is 0.175 e. The van der Waals surface area contributed by atoms with Crippen LogP contribution in [0.15, 0.2) is 24.3 Å². The van der Waals surface area contributed by atoms with E-state index in [9.17, 15) is 0 Å². The highest BCUT2D eigenvalue weighted by Gasteiger charge is 2.59. The van der Waals surface area contributed by atoms with Gasteiger partial charge in [0.15, 0.2) is 6.17 Å². The van der Waals surface area contributed by atoms with E-state index in [-0.39, 0.29) is 0 Å². The van der Waals surface area contributed by atoms with Gasteiger partial charge in [-0.2, -0.15) is 0 Å². The molecule has 3 atom stereocenters. The van der Waals surface area contributed by atoms with Crippen LogP contribution in [0.3, 0.4) is 0 Å². The Bertz CT molecular complexity index is 597. The molecule has 1 aromatic rings. The summed E-state index contributed by atoms with van der Waals surface area (Å²) in [7, 11) is 0. The van der Waals surface area contributed by atoms with Crippen molar-refractivity contribution in [2.24, 2.45) is 0 Å². The molecule has 1 aromatic carbocycles. The van der Waals surface area contributed by atoms with Gasteiger partial charge < -0.3 is 4.48 Å². The van der Waals surface area contributed by atoms with Gasteiger partial charge in [0, 0.05) is 39.1 Å². The molecule has 4 heterocycles. The molecule has 0 spiro atoms. The van der Waals surface area contributed by atoms with Gasteiger partial charge in [-0.25, -0.2) is 4.90 Å². The molecule has 0 aromatic heterocycles. The van der Waals surface area contributed by atoms with Crippen LogP contribution in [0.5, 0.6) is 0 Å². The molecule has 4 nitrogen and oxygen atoms in total. The fraction of sp³-hybridized carbons (Fsp3) is 0.684. The van der Waals surface area contributed by atoms with E-state index in [4.69, 9.17) is 0 Å². The summed E-state index contributed by atoms with van der Waals surface area (Å²) in [6.45, 7) is 14.1. The highest BCUT2D eigenvalue weighted by atomic mass is 15.6. The maximum Gasteiger partial charge on any atom is 0.175 e. The van der Waals surface area contributed by atoms with Crippen LogP contribution in [0.25, 0.3) is 0 Å². The van der Waals surface area contributed by atoms with Gasteiger partial charge in [0.25, 0.3) is 0 Å². The number of aryl methyl sites for hydroxylation is 1. The van der Waals surface area contributed by atoms with Crippen LogP contribution >= 0.6 is 0 Å². The Morgan fingerprint density at radius 2 is 1.65 bits per heavy atom. The lowest BCUT2D eigenvalue weighted by Crippen LogP contribution is -2.74. The van der Waals surface area contributed by atoms with Crippen molar-refractivity contribution in [2.75, 3.05) is 58.9 Å². The Balaban J connectivity index is 1.40. The van der Waals surface area contributed by atoms with Crippen molar-refractivity contribution >= 4 is 0 Å². The summed E-state index contributed by atoms with van der Waals surface area (Å²) in [5, 5.41) is 0. The average molecular weight is 313 g/mol. The Labute approximate surface area is 139 Å². The number of nitrogens with zero attached hydrogens (tertiary/aromatic N) is 4. The van der Waals surface area contributed by atoms with Gasteiger partial charge in [0.2, 0.25) is 0 Å². The Kier molecular flexibility index (Phi) is 3.31. The number of hydrogen-bond donors (Lipinski definition) is 0. The molecule has 124 valence electrons. The molecule has 0 bridgehead atoms. The lowest BCUT2D eigenvalue weighted by atomic mass is 10.1. The molecule has 0 radical (unpaired) electrons. The molecular formula is C19H29N4+. The molecule has 23 heavy (non-hydrogen) atoms. The second-order valence-electron chi connectivity index (χ2n) is 8.06. The summed E-state index contributed by atoms with van der Waals surface area (Å²) in [6, 6.07) is 9.13. The van der Waals surface area contributed by atoms with Gasteiger partial charge in [-0.05, 0) is 12.5 Å². The fourth-order valence-electron chi connectivity index (χ4n) is 5.68. The highest BCUT2D eigenvalue weighted by molar-refractivity contribution is 5.22. The minimum atomic E-state index is 0.706. The molecule has 0 N–H and O–H groups in total. The van der Waals surface area contributed by atoms with Gasteiger partial charge >= 0.3 is 0 Å². The van der Waals surface area contributed by atoms with Crippen molar-refractivity contribution in [1.82, 2.24) is 14.7 Å². The topological polar surface area (TPSA) is 9.72 Å². The maximum absolute atomic E-state index is 2.81. The maximum atomic E-state index is 2.81. The van der Waals surface area contributed by atoms with E-state index in [1.54, 1.807) is 0 Å². The van der Waals surface area contributed by atoms with Crippen molar-refractivity contribution in [3.8, 4) is 0 Å². The van der Waals surface area contributed by atoms with E-state index in [2.05, 4.69) is 45.9 Å². The largest absolute Gasteiger partial charge is 0.304 e. The van der Waals surface area contributed by atoms with Crippen LogP contribution in [0.4, 0.5) is 0 Å². The zero-order valence-corrected chi connectivity index (χ0v) is 14.3. The summed E-state index contributed by atoms with van der Waals surface area (Å²) < 4.78 is 1.35. The molecule has 4 saturated heterocycles. The average Bonchev–Trinajstić information content (AvgIpc) is 3.13. The van der Waals surface area contributed by atoms with Crippen molar-refractivity contribution in [1.29, 1.82) is 0 Å². The molecular weight excluding hydrogens is 284 g/mol. The van der Waals surface area contributed by atoms with Gasteiger partial charge in [-0.1, -0.05) is 29.8 Å². The first-order valence-corrected chi connectivity index (χ1v) is 9.39. The van der Waals surface area contributed by atoms with Crippen LogP contribution in [0, 0.1) is 6.92 Å². The van der Waals surface area contributed by atoms with Crippen molar-refractivity contribution < 1.29 is 4.48 Å².